The minimum absolute atomic E-state index is 0.310. The highest BCUT2D eigenvalue weighted by molar-refractivity contribution is 9.10. The van der Waals surface area contributed by atoms with Crippen LogP contribution in [-0.2, 0) is 0 Å². The number of hydrogen-bond donors (Lipinski definition) is 1. The molecule has 0 saturated carbocycles. The normalized spacial score (nSPS) is 10.3. The van der Waals surface area contributed by atoms with Crippen LogP contribution in [0.15, 0.2) is 40.9 Å². The molecule has 5 heteroatoms. The second-order valence-corrected chi connectivity index (χ2v) is 5.75. The molecule has 0 bridgehead atoms. The SMILES string of the molecule is Cc1ccc(Oc2ccc(C(N)=S)cc2Cl)c(Br)c1. The second kappa shape index (κ2) is 5.90. The lowest BCUT2D eigenvalue weighted by atomic mass is 10.2. The van der Waals surface area contributed by atoms with Crippen molar-refractivity contribution in [1.29, 1.82) is 0 Å². The van der Waals surface area contributed by atoms with Crippen molar-refractivity contribution in [2.45, 2.75) is 6.92 Å². The summed E-state index contributed by atoms with van der Waals surface area (Å²) in [6.07, 6.45) is 0. The van der Waals surface area contributed by atoms with Gasteiger partial charge in [0.05, 0.1) is 9.50 Å². The Morgan fingerprint density at radius 1 is 1.21 bits per heavy atom. The maximum absolute atomic E-state index is 6.15. The van der Waals surface area contributed by atoms with Gasteiger partial charge in [0.1, 0.15) is 16.5 Å². The van der Waals surface area contributed by atoms with Gasteiger partial charge in [0.2, 0.25) is 0 Å². The van der Waals surface area contributed by atoms with E-state index in [4.69, 9.17) is 34.3 Å². The lowest BCUT2D eigenvalue weighted by molar-refractivity contribution is 0.479. The molecule has 2 N–H and O–H groups in total. The molecule has 0 atom stereocenters. The molecule has 0 saturated heterocycles. The molecule has 0 aliphatic heterocycles. The molecule has 19 heavy (non-hydrogen) atoms. The summed E-state index contributed by atoms with van der Waals surface area (Å²) in [6, 6.07) is 11.1. The van der Waals surface area contributed by atoms with Crippen LogP contribution in [0.5, 0.6) is 11.5 Å². The molecule has 2 rings (SSSR count). The Hall–Kier alpha value is -1.10. The molecular weight excluding hydrogens is 346 g/mol. The van der Waals surface area contributed by atoms with E-state index < -0.39 is 0 Å². The van der Waals surface area contributed by atoms with E-state index in [1.165, 1.54) is 0 Å². The Balaban J connectivity index is 2.31. The smallest absolute Gasteiger partial charge is 0.146 e. The van der Waals surface area contributed by atoms with Crippen LogP contribution in [0.3, 0.4) is 0 Å². The summed E-state index contributed by atoms with van der Waals surface area (Å²) in [6.45, 7) is 2.01. The summed E-state index contributed by atoms with van der Waals surface area (Å²) in [7, 11) is 0. The third-order valence-corrected chi connectivity index (χ3v) is 3.67. The highest BCUT2D eigenvalue weighted by atomic mass is 79.9. The lowest BCUT2D eigenvalue weighted by Gasteiger charge is -2.10. The molecule has 0 aromatic heterocycles. The fourth-order valence-electron chi connectivity index (χ4n) is 1.54. The van der Waals surface area contributed by atoms with E-state index in [9.17, 15) is 0 Å². The Morgan fingerprint density at radius 2 is 1.89 bits per heavy atom. The first kappa shape index (κ1) is 14.3. The Kier molecular flexibility index (Phi) is 4.45. The van der Waals surface area contributed by atoms with Gasteiger partial charge >= 0.3 is 0 Å². The van der Waals surface area contributed by atoms with E-state index in [0.717, 1.165) is 15.6 Å². The van der Waals surface area contributed by atoms with Crippen LogP contribution in [0.2, 0.25) is 5.02 Å². The number of ether oxygens (including phenoxy) is 1. The van der Waals surface area contributed by atoms with Crippen molar-refractivity contribution in [2.75, 3.05) is 0 Å². The molecule has 2 aromatic carbocycles. The summed E-state index contributed by atoms with van der Waals surface area (Å²) >= 11 is 14.5. The van der Waals surface area contributed by atoms with Crippen molar-refractivity contribution in [3.63, 3.8) is 0 Å². The van der Waals surface area contributed by atoms with Crippen LogP contribution in [0, 0.1) is 6.92 Å². The van der Waals surface area contributed by atoms with Gasteiger partial charge in [-0.1, -0.05) is 29.9 Å². The molecule has 0 aliphatic rings. The maximum atomic E-state index is 6.15. The Morgan fingerprint density at radius 3 is 2.47 bits per heavy atom. The third-order valence-electron chi connectivity index (χ3n) is 2.52. The minimum atomic E-state index is 0.310. The standard InChI is InChI=1S/C14H11BrClNOS/c1-8-2-4-12(10(15)6-8)18-13-5-3-9(14(17)19)7-11(13)16/h2-7H,1H3,(H2,17,19). The maximum Gasteiger partial charge on any atom is 0.146 e. The molecule has 98 valence electrons. The highest BCUT2D eigenvalue weighted by Crippen LogP contribution is 2.34. The van der Waals surface area contributed by atoms with Crippen LogP contribution in [0.1, 0.15) is 11.1 Å². The number of aryl methyl sites for hydroxylation is 1. The third kappa shape index (κ3) is 3.47. The number of benzene rings is 2. The molecule has 0 heterocycles. The zero-order valence-electron chi connectivity index (χ0n) is 10.1. The van der Waals surface area contributed by atoms with E-state index in [2.05, 4.69) is 15.9 Å². The number of hydrogen-bond acceptors (Lipinski definition) is 2. The summed E-state index contributed by atoms with van der Waals surface area (Å²) in [5.41, 5.74) is 7.42. The topological polar surface area (TPSA) is 35.2 Å². The van der Waals surface area contributed by atoms with Crippen molar-refractivity contribution >= 4 is 44.7 Å². The van der Waals surface area contributed by atoms with Crippen molar-refractivity contribution in [1.82, 2.24) is 0 Å². The number of halogens is 2. The van der Waals surface area contributed by atoms with E-state index in [1.54, 1.807) is 18.2 Å². The molecule has 0 amide bonds. The van der Waals surface area contributed by atoms with Crippen LogP contribution < -0.4 is 10.5 Å². The average Bonchev–Trinajstić information content (AvgIpc) is 2.34. The van der Waals surface area contributed by atoms with Crippen LogP contribution in [0.4, 0.5) is 0 Å². The quantitative estimate of drug-likeness (QED) is 0.799. The van der Waals surface area contributed by atoms with Crippen molar-refractivity contribution < 1.29 is 4.74 Å². The van der Waals surface area contributed by atoms with E-state index in [-0.39, 0.29) is 0 Å². The van der Waals surface area contributed by atoms with Gasteiger partial charge in [-0.3, -0.25) is 0 Å². The van der Waals surface area contributed by atoms with Gasteiger partial charge in [0, 0.05) is 5.56 Å². The van der Waals surface area contributed by atoms with Gasteiger partial charge in [0.15, 0.2) is 0 Å². The summed E-state index contributed by atoms with van der Waals surface area (Å²) < 4.78 is 6.64. The molecule has 2 nitrogen and oxygen atoms in total. The van der Waals surface area contributed by atoms with Gasteiger partial charge in [-0.05, 0) is 58.7 Å². The van der Waals surface area contributed by atoms with E-state index >= 15 is 0 Å². The van der Waals surface area contributed by atoms with Gasteiger partial charge in [-0.15, -0.1) is 0 Å². The highest BCUT2D eigenvalue weighted by Gasteiger charge is 2.08. The van der Waals surface area contributed by atoms with Crippen LogP contribution >= 0.6 is 39.7 Å². The number of thiocarbonyl (C=S) groups is 1. The second-order valence-electron chi connectivity index (χ2n) is 4.05. The predicted octanol–water partition coefficient (Wildman–Crippen LogP) is 4.84. The molecule has 0 spiro atoms. The average molecular weight is 357 g/mol. The number of rotatable bonds is 3. The Labute approximate surface area is 130 Å². The molecule has 0 unspecified atom stereocenters. The minimum Gasteiger partial charge on any atom is -0.455 e. The molecule has 0 fully saturated rings. The summed E-state index contributed by atoms with van der Waals surface area (Å²) in [4.78, 5) is 0.310. The fourth-order valence-corrected chi connectivity index (χ4v) is 2.46. The Bertz CT molecular complexity index is 645. The van der Waals surface area contributed by atoms with Crippen molar-refractivity contribution in [2.24, 2.45) is 5.73 Å². The first-order valence-electron chi connectivity index (χ1n) is 5.51. The largest absolute Gasteiger partial charge is 0.455 e. The first-order valence-corrected chi connectivity index (χ1v) is 7.08. The monoisotopic (exact) mass is 355 g/mol. The molecular formula is C14H11BrClNOS. The van der Waals surface area contributed by atoms with E-state index in [0.29, 0.717) is 21.5 Å². The zero-order valence-corrected chi connectivity index (χ0v) is 13.3. The van der Waals surface area contributed by atoms with Crippen LogP contribution in [0.25, 0.3) is 0 Å². The van der Waals surface area contributed by atoms with Crippen molar-refractivity contribution in [3.8, 4) is 11.5 Å². The lowest BCUT2D eigenvalue weighted by Crippen LogP contribution is -2.08. The molecule has 0 radical (unpaired) electrons. The van der Waals surface area contributed by atoms with Gasteiger partial charge < -0.3 is 10.5 Å². The van der Waals surface area contributed by atoms with Gasteiger partial charge in [-0.2, -0.15) is 0 Å². The van der Waals surface area contributed by atoms with Crippen molar-refractivity contribution in [3.05, 3.63) is 57.0 Å². The van der Waals surface area contributed by atoms with Gasteiger partial charge in [0.25, 0.3) is 0 Å². The summed E-state index contributed by atoms with van der Waals surface area (Å²) in [5.74, 6) is 1.27. The zero-order chi connectivity index (χ0) is 14.0. The number of nitrogens with two attached hydrogens (primary N) is 1. The first-order chi connectivity index (χ1) is 8.97. The fraction of sp³-hybridized carbons (Fsp3) is 0.0714. The van der Waals surface area contributed by atoms with Crippen LogP contribution in [-0.4, -0.2) is 4.99 Å². The predicted molar refractivity (Wildman–Crippen MR) is 86.3 cm³/mol. The van der Waals surface area contributed by atoms with Gasteiger partial charge in [-0.25, -0.2) is 0 Å². The summed E-state index contributed by atoms with van der Waals surface area (Å²) in [5, 5.41) is 0.470. The molecule has 0 aliphatic carbocycles. The molecule has 2 aromatic rings. The van der Waals surface area contributed by atoms with E-state index in [1.807, 2.05) is 25.1 Å².